The fourth-order valence-corrected chi connectivity index (χ4v) is 4.60. The molecule has 8 nitrogen and oxygen atoms in total. The van der Waals surface area contributed by atoms with E-state index in [9.17, 15) is 22.8 Å². The Labute approximate surface area is 210 Å². The van der Waals surface area contributed by atoms with Crippen LogP contribution in [0.1, 0.15) is 49.0 Å². The summed E-state index contributed by atoms with van der Waals surface area (Å²) >= 11 is 0. The van der Waals surface area contributed by atoms with E-state index in [1.165, 1.54) is 0 Å². The van der Waals surface area contributed by atoms with Crippen LogP contribution in [-0.4, -0.2) is 45.4 Å². The molecule has 5 rings (SSSR count). The first-order chi connectivity index (χ1) is 17.5. The highest BCUT2D eigenvalue weighted by molar-refractivity contribution is 5.84. The van der Waals surface area contributed by atoms with Crippen molar-refractivity contribution in [2.75, 3.05) is 6.54 Å². The van der Waals surface area contributed by atoms with E-state index in [4.69, 9.17) is 19.6 Å². The maximum atomic E-state index is 13.2. The molecule has 1 aromatic carbocycles. The molecule has 2 aliphatic rings. The number of aromatic nitrogens is 2. The molecule has 0 amide bonds. The smallest absolute Gasteiger partial charge is 0.475 e. The molecule has 11 heteroatoms. The molecule has 1 saturated heterocycles. The van der Waals surface area contributed by atoms with E-state index in [0.717, 1.165) is 52.8 Å². The van der Waals surface area contributed by atoms with Gasteiger partial charge in [-0.25, -0.2) is 9.78 Å². The highest BCUT2D eigenvalue weighted by atomic mass is 19.4. The third-order valence-corrected chi connectivity index (χ3v) is 6.52. The van der Waals surface area contributed by atoms with Crippen molar-refractivity contribution in [2.24, 2.45) is 0 Å². The zero-order valence-corrected chi connectivity index (χ0v) is 20.3. The summed E-state index contributed by atoms with van der Waals surface area (Å²) < 4.78 is 39.4. The van der Waals surface area contributed by atoms with Crippen LogP contribution >= 0.6 is 0 Å². The molecule has 2 aromatic heterocycles. The van der Waals surface area contributed by atoms with Gasteiger partial charge in [0.1, 0.15) is 12.1 Å². The summed E-state index contributed by atoms with van der Waals surface area (Å²) in [5.74, 6) is -2.99. The van der Waals surface area contributed by atoms with Crippen LogP contribution in [0.25, 0.3) is 22.3 Å². The van der Waals surface area contributed by atoms with Crippen molar-refractivity contribution in [2.45, 2.75) is 58.0 Å². The molecule has 4 heterocycles. The lowest BCUT2D eigenvalue weighted by molar-refractivity contribution is -0.192. The number of hydrogen-bond acceptors (Lipinski definition) is 6. The van der Waals surface area contributed by atoms with Gasteiger partial charge in [0.2, 0.25) is 0 Å². The van der Waals surface area contributed by atoms with Crippen molar-refractivity contribution < 1.29 is 32.6 Å². The number of halogens is 3. The lowest BCUT2D eigenvalue weighted by atomic mass is 10.0. The average Bonchev–Trinajstić information content (AvgIpc) is 3.52. The molecule has 2 aliphatic heterocycles. The lowest BCUT2D eigenvalue weighted by Crippen LogP contribution is -2.33. The van der Waals surface area contributed by atoms with E-state index in [1.807, 2.05) is 44.2 Å². The maximum absolute atomic E-state index is 13.2. The minimum atomic E-state index is -5.08. The average molecular weight is 518 g/mol. The summed E-state index contributed by atoms with van der Waals surface area (Å²) in [6, 6.07) is 11.8. The largest absolute Gasteiger partial charge is 0.490 e. The Morgan fingerprint density at radius 2 is 1.97 bits per heavy atom. The fourth-order valence-electron chi connectivity index (χ4n) is 4.60. The van der Waals surface area contributed by atoms with Gasteiger partial charge in [0.25, 0.3) is 5.56 Å². The van der Waals surface area contributed by atoms with Crippen LogP contribution < -0.4 is 10.9 Å². The third kappa shape index (κ3) is 5.36. The van der Waals surface area contributed by atoms with Crippen molar-refractivity contribution >= 4 is 22.8 Å². The highest BCUT2D eigenvalue weighted by Crippen LogP contribution is 2.35. The van der Waals surface area contributed by atoms with Crippen LogP contribution in [0.5, 0.6) is 0 Å². The van der Waals surface area contributed by atoms with E-state index in [0.29, 0.717) is 18.5 Å². The number of nitrogens with one attached hydrogen (secondary N) is 1. The zero-order chi connectivity index (χ0) is 26.9. The van der Waals surface area contributed by atoms with Crippen molar-refractivity contribution in [3.05, 3.63) is 63.4 Å². The molecule has 0 saturated carbocycles. The number of carboxylic acid groups (broad SMARTS) is 1. The van der Waals surface area contributed by atoms with Gasteiger partial charge >= 0.3 is 18.1 Å². The SMILES string of the molecule is CC[C@@H](OC(=O)[C@H]1CCCN1)c1cc2n(c(=O)c1C)Cc1cc3ccccc3nc1-2.O=C(O)C(F)(F)F. The first-order valence-corrected chi connectivity index (χ1v) is 11.9. The minimum absolute atomic E-state index is 0.0435. The summed E-state index contributed by atoms with van der Waals surface area (Å²) in [5.41, 5.74) is 4.96. The first-order valence-electron chi connectivity index (χ1n) is 11.9. The topological polar surface area (TPSA) is 111 Å². The second-order valence-corrected chi connectivity index (χ2v) is 8.98. The first kappa shape index (κ1) is 26.3. The van der Waals surface area contributed by atoms with Gasteiger partial charge in [-0.15, -0.1) is 0 Å². The number of hydrogen-bond donors (Lipinski definition) is 2. The summed E-state index contributed by atoms with van der Waals surface area (Å²) in [6.45, 7) is 5.16. The molecule has 196 valence electrons. The number of pyridine rings is 2. The quantitative estimate of drug-likeness (QED) is 0.392. The predicted molar refractivity (Wildman–Crippen MR) is 129 cm³/mol. The second-order valence-electron chi connectivity index (χ2n) is 8.98. The Kier molecular flexibility index (Phi) is 7.35. The summed E-state index contributed by atoms with van der Waals surface area (Å²) in [4.78, 5) is 39.5. The van der Waals surface area contributed by atoms with Crippen LogP contribution in [0.2, 0.25) is 0 Å². The monoisotopic (exact) mass is 517 g/mol. The Morgan fingerprint density at radius 3 is 2.59 bits per heavy atom. The van der Waals surface area contributed by atoms with Gasteiger partial charge in [-0.05, 0) is 50.9 Å². The number of esters is 1. The van der Waals surface area contributed by atoms with Crippen molar-refractivity contribution in [1.82, 2.24) is 14.9 Å². The minimum Gasteiger partial charge on any atom is -0.475 e. The normalized spacial score (nSPS) is 16.9. The molecule has 2 N–H and O–H groups in total. The van der Waals surface area contributed by atoms with Gasteiger partial charge < -0.3 is 19.7 Å². The van der Waals surface area contributed by atoms with Crippen LogP contribution in [0.15, 0.2) is 41.2 Å². The maximum Gasteiger partial charge on any atom is 0.490 e. The molecule has 0 unspecified atom stereocenters. The Morgan fingerprint density at radius 1 is 1.27 bits per heavy atom. The molecule has 0 spiro atoms. The van der Waals surface area contributed by atoms with Crippen molar-refractivity contribution in [3.63, 3.8) is 0 Å². The van der Waals surface area contributed by atoms with Crippen LogP contribution in [-0.2, 0) is 20.9 Å². The molecule has 2 atom stereocenters. The van der Waals surface area contributed by atoms with Crippen LogP contribution in [0.4, 0.5) is 13.2 Å². The van der Waals surface area contributed by atoms with Crippen LogP contribution in [0.3, 0.4) is 0 Å². The fraction of sp³-hybridized carbons (Fsp3) is 0.385. The summed E-state index contributed by atoms with van der Waals surface area (Å²) in [5, 5.41) is 11.4. The standard InChI is InChI=1S/C24H25N3O3.C2HF3O2/c1-3-21(30-24(29)19-9-6-10-25-19)17-12-20-22-16(13-27(20)23(28)14(17)2)11-15-7-4-5-8-18(15)26-22;3-2(4,5)1(6)7/h4-5,7-8,11-12,19,21,25H,3,6,9-10,13H2,1-2H3;(H,6,7)/t19-,21-;/m1./s1. The van der Waals surface area contributed by atoms with Crippen molar-refractivity contribution in [1.29, 1.82) is 0 Å². The lowest BCUT2D eigenvalue weighted by Gasteiger charge is -2.21. The van der Waals surface area contributed by atoms with Gasteiger partial charge in [0.05, 0.1) is 23.4 Å². The zero-order valence-electron chi connectivity index (χ0n) is 20.3. The molecule has 3 aromatic rings. The molecular formula is C26H26F3N3O5. The molecule has 37 heavy (non-hydrogen) atoms. The highest BCUT2D eigenvalue weighted by Gasteiger charge is 2.38. The number of carbonyl (C=O) groups excluding carboxylic acids is 1. The predicted octanol–water partition coefficient (Wildman–Crippen LogP) is 4.11. The van der Waals surface area contributed by atoms with Gasteiger partial charge in [0.15, 0.2) is 0 Å². The van der Waals surface area contributed by atoms with Crippen molar-refractivity contribution in [3.8, 4) is 11.4 Å². The van der Waals surface area contributed by atoms with E-state index >= 15 is 0 Å². The third-order valence-electron chi connectivity index (χ3n) is 6.52. The van der Waals surface area contributed by atoms with Gasteiger partial charge in [-0.2, -0.15) is 13.2 Å². The Balaban J connectivity index is 0.000000405. The second kappa shape index (κ2) is 10.3. The van der Waals surface area contributed by atoms with Crippen LogP contribution in [0, 0.1) is 6.92 Å². The van der Waals surface area contributed by atoms with Gasteiger partial charge in [0, 0.05) is 22.1 Å². The number of alkyl halides is 3. The number of carboxylic acids is 1. The molecule has 0 bridgehead atoms. The number of ether oxygens (including phenoxy) is 1. The summed E-state index contributed by atoms with van der Waals surface area (Å²) in [7, 11) is 0. The summed E-state index contributed by atoms with van der Waals surface area (Å²) in [6.07, 6.45) is -3.14. The number of nitrogens with zero attached hydrogens (tertiary/aromatic N) is 2. The number of benzene rings is 1. The van der Waals surface area contributed by atoms with Gasteiger partial charge in [-0.1, -0.05) is 25.1 Å². The molecule has 1 fully saturated rings. The number of para-hydroxylation sites is 1. The molecule has 0 radical (unpaired) electrons. The Hall–Kier alpha value is -3.73. The van der Waals surface area contributed by atoms with E-state index in [1.54, 1.807) is 4.57 Å². The number of aliphatic carboxylic acids is 1. The molecule has 0 aliphatic carbocycles. The van der Waals surface area contributed by atoms with E-state index in [-0.39, 0.29) is 17.6 Å². The molecular weight excluding hydrogens is 491 g/mol. The number of rotatable bonds is 4. The Bertz CT molecular complexity index is 1410. The van der Waals surface area contributed by atoms with E-state index in [2.05, 4.69) is 11.4 Å². The number of carbonyl (C=O) groups is 2. The van der Waals surface area contributed by atoms with E-state index < -0.39 is 18.2 Å². The number of fused-ring (bicyclic) bond motifs is 4. The van der Waals surface area contributed by atoms with Gasteiger partial charge in [-0.3, -0.25) is 9.59 Å².